The first-order chi connectivity index (χ1) is 13.6. The Kier molecular flexibility index (Phi) is 5.21. The summed E-state index contributed by atoms with van der Waals surface area (Å²) >= 11 is 1.65. The van der Waals surface area contributed by atoms with E-state index in [0.717, 1.165) is 33.6 Å². The van der Waals surface area contributed by atoms with Crippen LogP contribution < -0.4 is 5.32 Å². The van der Waals surface area contributed by atoms with Gasteiger partial charge in [-0.1, -0.05) is 41.1 Å². The van der Waals surface area contributed by atoms with E-state index in [1.54, 1.807) is 11.3 Å². The van der Waals surface area contributed by atoms with Crippen molar-refractivity contribution in [1.29, 1.82) is 0 Å². The Labute approximate surface area is 167 Å². The van der Waals surface area contributed by atoms with Gasteiger partial charge in [-0.2, -0.15) is 0 Å². The molecule has 1 amide bonds. The molecular formula is C22H21N3O2S. The van der Waals surface area contributed by atoms with Crippen molar-refractivity contribution in [3.63, 3.8) is 0 Å². The summed E-state index contributed by atoms with van der Waals surface area (Å²) in [5, 5.41) is 11.1. The zero-order chi connectivity index (χ0) is 19.5. The van der Waals surface area contributed by atoms with Crippen LogP contribution in [0.5, 0.6) is 0 Å². The van der Waals surface area contributed by atoms with E-state index in [1.807, 2.05) is 32.0 Å². The number of carbonyl (C=O) groups excluding carboxylic acids is 1. The molecule has 0 aliphatic carbocycles. The van der Waals surface area contributed by atoms with Crippen LogP contribution >= 0.6 is 11.3 Å². The first kappa shape index (κ1) is 18.4. The van der Waals surface area contributed by atoms with E-state index in [2.05, 4.69) is 45.1 Å². The van der Waals surface area contributed by atoms with Crippen LogP contribution in [0.25, 0.3) is 22.2 Å². The van der Waals surface area contributed by atoms with E-state index >= 15 is 0 Å². The summed E-state index contributed by atoms with van der Waals surface area (Å²) in [5.41, 5.74) is 5.82. The van der Waals surface area contributed by atoms with Crippen molar-refractivity contribution in [1.82, 2.24) is 15.5 Å². The van der Waals surface area contributed by atoms with Crippen LogP contribution in [0.4, 0.5) is 0 Å². The molecule has 28 heavy (non-hydrogen) atoms. The van der Waals surface area contributed by atoms with Gasteiger partial charge in [-0.3, -0.25) is 4.79 Å². The number of nitrogens with one attached hydrogen (secondary N) is 1. The molecule has 2 aromatic carbocycles. The smallest absolute Gasteiger partial charge is 0.226 e. The van der Waals surface area contributed by atoms with Gasteiger partial charge in [0.25, 0.3) is 0 Å². The number of carbonyl (C=O) groups is 1. The second-order valence-electron chi connectivity index (χ2n) is 6.85. The molecule has 4 rings (SSSR count). The van der Waals surface area contributed by atoms with Crippen LogP contribution in [0.2, 0.25) is 0 Å². The predicted molar refractivity (Wildman–Crippen MR) is 111 cm³/mol. The number of hydrogen-bond acceptors (Lipinski definition) is 5. The number of aromatic nitrogens is 2. The lowest BCUT2D eigenvalue weighted by Gasteiger charge is -2.05. The second kappa shape index (κ2) is 7.94. The third kappa shape index (κ3) is 4.12. The zero-order valence-corrected chi connectivity index (χ0v) is 16.7. The van der Waals surface area contributed by atoms with Crippen molar-refractivity contribution in [3.8, 4) is 11.3 Å². The molecule has 5 nitrogen and oxygen atoms in total. The molecule has 2 heterocycles. The molecule has 4 aromatic rings. The number of thiazole rings is 1. The molecule has 0 fully saturated rings. The second-order valence-corrected chi connectivity index (χ2v) is 7.92. The van der Waals surface area contributed by atoms with E-state index in [0.29, 0.717) is 17.8 Å². The maximum atomic E-state index is 12.3. The predicted octanol–water partition coefficient (Wildman–Crippen LogP) is 4.47. The monoisotopic (exact) mass is 391 g/mol. The fourth-order valence-electron chi connectivity index (χ4n) is 3.13. The Balaban J connectivity index is 1.31. The van der Waals surface area contributed by atoms with E-state index in [9.17, 15) is 4.79 Å². The van der Waals surface area contributed by atoms with E-state index in [-0.39, 0.29) is 12.3 Å². The summed E-state index contributed by atoms with van der Waals surface area (Å²) in [6.45, 7) is 4.61. The first-order valence-electron chi connectivity index (χ1n) is 9.21. The average Bonchev–Trinajstić information content (AvgIpc) is 3.29. The number of rotatable bonds is 6. The normalized spacial score (nSPS) is 11.1. The highest BCUT2D eigenvalue weighted by Gasteiger charge is 2.12. The molecule has 0 atom stereocenters. The molecular weight excluding hydrogens is 370 g/mol. The molecule has 0 aliphatic heterocycles. The van der Waals surface area contributed by atoms with Crippen LogP contribution in [-0.4, -0.2) is 22.6 Å². The van der Waals surface area contributed by atoms with Crippen LogP contribution in [0.1, 0.15) is 21.8 Å². The minimum atomic E-state index is -0.0497. The van der Waals surface area contributed by atoms with Crippen LogP contribution in [0.3, 0.4) is 0 Å². The highest BCUT2D eigenvalue weighted by atomic mass is 32.1. The van der Waals surface area contributed by atoms with E-state index in [4.69, 9.17) is 4.52 Å². The molecule has 2 aromatic heterocycles. The fourth-order valence-corrected chi connectivity index (χ4v) is 3.75. The Hall–Kier alpha value is -2.99. The minimum Gasteiger partial charge on any atom is -0.356 e. The van der Waals surface area contributed by atoms with Crippen LogP contribution in [0, 0.1) is 13.8 Å². The molecule has 0 radical (unpaired) electrons. The van der Waals surface area contributed by atoms with Gasteiger partial charge in [-0.15, -0.1) is 11.3 Å². The Morgan fingerprint density at radius 2 is 1.96 bits per heavy atom. The van der Waals surface area contributed by atoms with Crippen molar-refractivity contribution in [2.45, 2.75) is 26.7 Å². The van der Waals surface area contributed by atoms with Crippen molar-refractivity contribution < 1.29 is 9.32 Å². The summed E-state index contributed by atoms with van der Waals surface area (Å²) in [6, 6.07) is 14.2. The van der Waals surface area contributed by atoms with Gasteiger partial charge in [0, 0.05) is 22.9 Å². The third-order valence-corrected chi connectivity index (χ3v) is 5.41. The molecule has 6 heteroatoms. The molecule has 1 N–H and O–H groups in total. The summed E-state index contributed by atoms with van der Waals surface area (Å²) < 4.78 is 5.29. The van der Waals surface area contributed by atoms with Crippen LogP contribution in [0.15, 0.2) is 52.4 Å². The lowest BCUT2D eigenvalue weighted by atomic mass is 10.1. The van der Waals surface area contributed by atoms with Crippen molar-refractivity contribution in [3.05, 3.63) is 69.7 Å². The SMILES string of the molecule is Cc1ccc2onc(CC(=O)NCCc3ccc(-c4csc(C)n4)cc3)c2c1. The maximum absolute atomic E-state index is 12.3. The number of amides is 1. The Morgan fingerprint density at radius 1 is 1.14 bits per heavy atom. The van der Waals surface area contributed by atoms with Gasteiger partial charge in [0.1, 0.15) is 5.69 Å². The van der Waals surface area contributed by atoms with Gasteiger partial charge in [0.05, 0.1) is 17.1 Å². The number of fused-ring (bicyclic) bond motifs is 1. The van der Waals surface area contributed by atoms with E-state index in [1.165, 1.54) is 5.56 Å². The van der Waals surface area contributed by atoms with E-state index < -0.39 is 0 Å². The Morgan fingerprint density at radius 3 is 2.71 bits per heavy atom. The van der Waals surface area contributed by atoms with Gasteiger partial charge in [0.15, 0.2) is 5.58 Å². The average molecular weight is 391 g/mol. The van der Waals surface area contributed by atoms with Crippen molar-refractivity contribution in [2.24, 2.45) is 0 Å². The molecule has 142 valence electrons. The third-order valence-electron chi connectivity index (χ3n) is 4.63. The lowest BCUT2D eigenvalue weighted by molar-refractivity contribution is -0.120. The molecule has 0 saturated heterocycles. The summed E-state index contributed by atoms with van der Waals surface area (Å²) in [6.07, 6.45) is 0.999. The lowest BCUT2D eigenvalue weighted by Crippen LogP contribution is -2.27. The van der Waals surface area contributed by atoms with Gasteiger partial charge in [0.2, 0.25) is 5.91 Å². The molecule has 0 unspecified atom stereocenters. The quantitative estimate of drug-likeness (QED) is 0.527. The molecule has 0 saturated carbocycles. The summed E-state index contributed by atoms with van der Waals surface area (Å²) in [7, 11) is 0. The molecule has 0 spiro atoms. The largest absolute Gasteiger partial charge is 0.356 e. The van der Waals surface area contributed by atoms with Crippen molar-refractivity contribution >= 4 is 28.2 Å². The first-order valence-corrected chi connectivity index (χ1v) is 10.1. The van der Waals surface area contributed by atoms with Gasteiger partial charge in [-0.05, 0) is 38.0 Å². The van der Waals surface area contributed by atoms with Gasteiger partial charge >= 0.3 is 0 Å². The summed E-state index contributed by atoms with van der Waals surface area (Å²) in [5.74, 6) is -0.0497. The number of nitrogens with zero attached hydrogens (tertiary/aromatic N) is 2. The Bertz CT molecular complexity index is 1110. The fraction of sp³-hybridized carbons (Fsp3) is 0.227. The van der Waals surface area contributed by atoms with Gasteiger partial charge in [-0.25, -0.2) is 4.98 Å². The topological polar surface area (TPSA) is 68.0 Å². The van der Waals surface area contributed by atoms with Crippen LogP contribution in [-0.2, 0) is 17.6 Å². The standard InChI is InChI=1S/C22H21N3O2S/c1-14-3-8-21-18(11-14)19(25-27-21)12-22(26)23-10-9-16-4-6-17(7-5-16)20-13-28-15(2)24-20/h3-8,11,13H,9-10,12H2,1-2H3,(H,23,26). The maximum Gasteiger partial charge on any atom is 0.226 e. The number of aryl methyl sites for hydroxylation is 2. The highest BCUT2D eigenvalue weighted by Crippen LogP contribution is 2.22. The molecule has 0 aliphatic rings. The van der Waals surface area contributed by atoms with Crippen molar-refractivity contribution in [2.75, 3.05) is 6.54 Å². The minimum absolute atomic E-state index is 0.0497. The highest BCUT2D eigenvalue weighted by molar-refractivity contribution is 7.09. The summed E-state index contributed by atoms with van der Waals surface area (Å²) in [4.78, 5) is 16.8. The van der Waals surface area contributed by atoms with Gasteiger partial charge < -0.3 is 9.84 Å². The zero-order valence-electron chi connectivity index (χ0n) is 15.9. The number of hydrogen-bond donors (Lipinski definition) is 1. The molecule has 0 bridgehead atoms. The number of benzene rings is 2.